The Balaban J connectivity index is 1.54. The molecule has 0 unspecified atom stereocenters. The molecule has 0 fully saturated rings. The molecular weight excluding hydrogens is 632 g/mol. The van der Waals surface area contributed by atoms with Gasteiger partial charge in [-0.2, -0.15) is 0 Å². The molecule has 0 radical (unpaired) electrons. The quantitative estimate of drug-likeness (QED) is 0.229. The number of hydrogen-bond donors (Lipinski definition) is 5. The second kappa shape index (κ2) is 17.9. The van der Waals surface area contributed by atoms with E-state index in [0.29, 0.717) is 31.6 Å². The molecule has 0 spiro atoms. The Bertz CT molecular complexity index is 1560. The molecular formula is C35H44N6O6S. The molecule has 1 aromatic heterocycles. The van der Waals surface area contributed by atoms with Gasteiger partial charge in [0, 0.05) is 37.0 Å². The van der Waals surface area contributed by atoms with Crippen LogP contribution in [0.2, 0.25) is 0 Å². The largest absolute Gasteiger partial charge is 0.493 e. The maximum Gasteiger partial charge on any atom is 0.255 e. The summed E-state index contributed by atoms with van der Waals surface area (Å²) in [4.78, 5) is 71.6. The van der Waals surface area contributed by atoms with Crippen molar-refractivity contribution < 1.29 is 28.7 Å². The number of carbonyl (C=O) groups is 5. The highest BCUT2D eigenvalue weighted by atomic mass is 32.1. The third kappa shape index (κ3) is 10.9. The zero-order chi connectivity index (χ0) is 34.5. The Labute approximate surface area is 284 Å². The number of nitrogens with zero attached hydrogens (tertiary/aromatic N) is 1. The number of amides is 5. The highest BCUT2D eigenvalue weighted by Crippen LogP contribution is 2.19. The van der Waals surface area contributed by atoms with Crippen LogP contribution in [0.5, 0.6) is 5.75 Å². The number of fused-ring (bicyclic) bond motifs is 1. The Morgan fingerprint density at radius 1 is 1.00 bits per heavy atom. The van der Waals surface area contributed by atoms with Crippen molar-refractivity contribution in [2.24, 2.45) is 5.92 Å². The molecule has 13 heteroatoms. The molecule has 2 aromatic carbocycles. The summed E-state index contributed by atoms with van der Waals surface area (Å²) < 4.78 is 5.89. The van der Waals surface area contributed by atoms with E-state index in [1.165, 1.54) is 0 Å². The van der Waals surface area contributed by atoms with Crippen molar-refractivity contribution in [2.75, 3.05) is 19.7 Å². The van der Waals surface area contributed by atoms with Gasteiger partial charge in [0.15, 0.2) is 0 Å². The van der Waals surface area contributed by atoms with Gasteiger partial charge in [0.1, 0.15) is 23.9 Å². The average molecular weight is 677 g/mol. The lowest BCUT2D eigenvalue weighted by molar-refractivity contribution is -0.133. The number of rotatable bonds is 8. The highest BCUT2D eigenvalue weighted by Gasteiger charge is 2.31. The fraction of sp³-hybridized carbons (Fsp3) is 0.429. The fourth-order valence-corrected chi connectivity index (χ4v) is 6.00. The van der Waals surface area contributed by atoms with Crippen LogP contribution in [0, 0.1) is 12.8 Å². The number of benzene rings is 2. The minimum absolute atomic E-state index is 0.195. The van der Waals surface area contributed by atoms with Gasteiger partial charge in [-0.3, -0.25) is 24.0 Å². The maximum absolute atomic E-state index is 13.6. The van der Waals surface area contributed by atoms with Gasteiger partial charge in [0.2, 0.25) is 23.6 Å². The highest BCUT2D eigenvalue weighted by molar-refractivity contribution is 7.09. The summed E-state index contributed by atoms with van der Waals surface area (Å²) in [6, 6.07) is 12.8. The third-order valence-electron chi connectivity index (χ3n) is 7.74. The second-order valence-electron chi connectivity index (χ2n) is 12.0. The van der Waals surface area contributed by atoms with Crippen LogP contribution < -0.4 is 31.3 Å². The number of thiazole rings is 1. The monoisotopic (exact) mass is 676 g/mol. The molecule has 4 rings (SSSR count). The van der Waals surface area contributed by atoms with Gasteiger partial charge in [-0.15, -0.1) is 11.3 Å². The number of aromatic nitrogens is 1. The Kier molecular flexibility index (Phi) is 13.5. The van der Waals surface area contributed by atoms with Crippen molar-refractivity contribution in [3.63, 3.8) is 0 Å². The number of carbonyl (C=O) groups excluding carboxylic acids is 5. The van der Waals surface area contributed by atoms with Crippen LogP contribution in [0.3, 0.4) is 0 Å². The maximum atomic E-state index is 13.6. The van der Waals surface area contributed by atoms with Crippen LogP contribution in [0.1, 0.15) is 59.7 Å². The zero-order valence-corrected chi connectivity index (χ0v) is 28.4. The molecule has 0 aliphatic carbocycles. The van der Waals surface area contributed by atoms with E-state index in [-0.39, 0.29) is 37.0 Å². The first-order chi connectivity index (χ1) is 23.1. The third-order valence-corrected chi connectivity index (χ3v) is 8.76. The number of aryl methyl sites for hydroxylation is 2. The van der Waals surface area contributed by atoms with E-state index in [1.807, 2.05) is 42.6 Å². The van der Waals surface area contributed by atoms with Crippen LogP contribution in [-0.4, -0.2) is 72.3 Å². The predicted octanol–water partition coefficient (Wildman–Crippen LogP) is 2.46. The minimum atomic E-state index is -1.24. The molecule has 1 aliphatic rings. The van der Waals surface area contributed by atoms with Crippen molar-refractivity contribution in [2.45, 2.75) is 71.0 Å². The number of ether oxygens (including phenoxy) is 1. The molecule has 5 amide bonds. The summed E-state index contributed by atoms with van der Waals surface area (Å²) in [7, 11) is 0. The number of para-hydroxylation sites is 1. The number of nitrogens with one attached hydrogen (secondary N) is 5. The average Bonchev–Trinajstić information content (AvgIpc) is 3.49. The summed E-state index contributed by atoms with van der Waals surface area (Å²) in [6.45, 7) is 6.24. The van der Waals surface area contributed by atoms with E-state index in [2.05, 4.69) is 31.6 Å². The van der Waals surface area contributed by atoms with Crippen molar-refractivity contribution in [1.29, 1.82) is 0 Å². The molecule has 5 N–H and O–H groups in total. The van der Waals surface area contributed by atoms with Gasteiger partial charge < -0.3 is 31.3 Å². The van der Waals surface area contributed by atoms with E-state index in [0.717, 1.165) is 16.3 Å². The van der Waals surface area contributed by atoms with Crippen LogP contribution in [0.4, 0.5) is 0 Å². The minimum Gasteiger partial charge on any atom is -0.493 e. The molecule has 0 saturated carbocycles. The van der Waals surface area contributed by atoms with Crippen molar-refractivity contribution in [1.82, 2.24) is 31.6 Å². The summed E-state index contributed by atoms with van der Waals surface area (Å²) in [5, 5.41) is 16.9. The van der Waals surface area contributed by atoms with Crippen molar-refractivity contribution >= 4 is 40.9 Å². The first-order valence-corrected chi connectivity index (χ1v) is 17.1. The van der Waals surface area contributed by atoms with Crippen molar-refractivity contribution in [3.05, 3.63) is 81.8 Å². The Morgan fingerprint density at radius 3 is 2.48 bits per heavy atom. The van der Waals surface area contributed by atoms with E-state index < -0.39 is 48.2 Å². The molecule has 48 heavy (non-hydrogen) atoms. The van der Waals surface area contributed by atoms with Gasteiger partial charge in [0.05, 0.1) is 23.6 Å². The van der Waals surface area contributed by atoms with Crippen LogP contribution in [0.15, 0.2) is 60.0 Å². The lowest BCUT2D eigenvalue weighted by atomic mass is 10.0. The van der Waals surface area contributed by atoms with Gasteiger partial charge in [-0.25, -0.2) is 4.98 Å². The Hall–Kier alpha value is -4.78. The SMILES string of the molecule is Cc1csc(CCCNC(=O)[C@@H]2CC(=O)N[C@@H](C(C)C)C(=O)N[C@@H](Cc3ccccc3)C(=O)NCCCOc3ccccc3C(=O)N2)n1. The first kappa shape index (κ1) is 36.1. The second-order valence-corrected chi connectivity index (χ2v) is 13.0. The molecule has 1 aliphatic heterocycles. The van der Waals surface area contributed by atoms with E-state index >= 15 is 0 Å². The molecule has 0 bridgehead atoms. The van der Waals surface area contributed by atoms with Gasteiger partial charge in [-0.1, -0.05) is 56.3 Å². The van der Waals surface area contributed by atoms with Gasteiger partial charge >= 0.3 is 0 Å². The van der Waals surface area contributed by atoms with Crippen LogP contribution in [-0.2, 0) is 32.0 Å². The topological polar surface area (TPSA) is 168 Å². The van der Waals surface area contributed by atoms with E-state index in [1.54, 1.807) is 49.4 Å². The fourth-order valence-electron chi connectivity index (χ4n) is 5.18. The van der Waals surface area contributed by atoms with E-state index in [4.69, 9.17) is 4.74 Å². The van der Waals surface area contributed by atoms with E-state index in [9.17, 15) is 24.0 Å². The molecule has 0 saturated heterocycles. The summed E-state index contributed by atoms with van der Waals surface area (Å²) >= 11 is 1.55. The lowest BCUT2D eigenvalue weighted by Gasteiger charge is -2.26. The summed E-state index contributed by atoms with van der Waals surface area (Å²) in [6.07, 6.45) is 1.56. The predicted molar refractivity (Wildman–Crippen MR) is 182 cm³/mol. The lowest BCUT2D eigenvalue weighted by Crippen LogP contribution is -2.57. The Morgan fingerprint density at radius 2 is 1.75 bits per heavy atom. The molecule has 2 heterocycles. The molecule has 256 valence electrons. The molecule has 3 atom stereocenters. The normalized spacial score (nSPS) is 19.8. The summed E-state index contributed by atoms with van der Waals surface area (Å²) in [5.74, 6) is -2.68. The van der Waals surface area contributed by atoms with Gasteiger partial charge in [0.25, 0.3) is 5.91 Å². The first-order valence-electron chi connectivity index (χ1n) is 16.2. The molecule has 3 aromatic rings. The standard InChI is InChI=1S/C35H44N6O6S/c1-22(2)31-35(46)40-26(19-24-11-5-4-6-12-24)33(44)37-17-10-18-47-28-14-8-7-13-25(28)32(43)39-27(20-29(42)41-31)34(45)36-16-9-15-30-38-23(3)21-48-30/h4-8,11-14,21-22,26-27,31H,9-10,15-20H2,1-3H3,(H,36,45)(H,37,44)(H,39,43)(H,40,46)(H,41,42)/t26-,27-,31-/m0/s1. The number of hydrogen-bond acceptors (Lipinski definition) is 8. The van der Waals surface area contributed by atoms with Crippen LogP contribution in [0.25, 0.3) is 0 Å². The van der Waals surface area contributed by atoms with Gasteiger partial charge in [-0.05, 0) is 43.4 Å². The zero-order valence-electron chi connectivity index (χ0n) is 27.5. The van der Waals surface area contributed by atoms with Crippen molar-refractivity contribution in [3.8, 4) is 5.75 Å². The smallest absolute Gasteiger partial charge is 0.255 e. The summed E-state index contributed by atoms with van der Waals surface area (Å²) in [5.41, 5.74) is 2.00. The van der Waals surface area contributed by atoms with Crippen LogP contribution >= 0.6 is 11.3 Å². The molecule has 12 nitrogen and oxygen atoms in total.